The van der Waals surface area contributed by atoms with Crippen molar-refractivity contribution in [3.63, 3.8) is 0 Å². The standard InChI is InChI=1S/C22H25Cl2N5O2/c1-14-21(24)18(28-27-14)13-29(2)22(31)16-5-3-15(4-6-16)9-10-25-12-19(30)17-7-8-20(23)26-11-17/h3-8,11,19,25,30H,9-10,12-13H2,1-2H3,(H,27,28). The monoisotopic (exact) mass is 461 g/mol. The van der Waals surface area contributed by atoms with E-state index in [9.17, 15) is 9.90 Å². The number of aliphatic hydroxyl groups excluding tert-OH is 1. The Morgan fingerprint density at radius 1 is 1.23 bits per heavy atom. The van der Waals surface area contributed by atoms with Gasteiger partial charge >= 0.3 is 0 Å². The van der Waals surface area contributed by atoms with Crippen LogP contribution in [-0.4, -0.2) is 51.2 Å². The number of nitrogens with zero attached hydrogens (tertiary/aromatic N) is 3. The third kappa shape index (κ3) is 6.27. The molecule has 7 nitrogen and oxygen atoms in total. The number of carbonyl (C=O) groups excluding carboxylic acids is 1. The first-order chi connectivity index (χ1) is 14.8. The molecule has 3 N–H and O–H groups in total. The lowest BCUT2D eigenvalue weighted by Crippen LogP contribution is -2.26. The zero-order valence-electron chi connectivity index (χ0n) is 17.4. The summed E-state index contributed by atoms with van der Waals surface area (Å²) in [6.45, 7) is 3.28. The normalized spacial score (nSPS) is 12.0. The fraction of sp³-hybridized carbons (Fsp3) is 0.318. The first-order valence-corrected chi connectivity index (χ1v) is 10.6. The van der Waals surface area contributed by atoms with E-state index in [2.05, 4.69) is 20.5 Å². The maximum absolute atomic E-state index is 12.7. The molecular weight excluding hydrogens is 437 g/mol. The Morgan fingerprint density at radius 2 is 1.97 bits per heavy atom. The van der Waals surface area contributed by atoms with Crippen molar-refractivity contribution in [3.05, 3.63) is 80.8 Å². The van der Waals surface area contributed by atoms with Crippen molar-refractivity contribution in [2.75, 3.05) is 20.1 Å². The Kier molecular flexibility index (Phi) is 8.03. The lowest BCUT2D eigenvalue weighted by Gasteiger charge is -2.16. The summed E-state index contributed by atoms with van der Waals surface area (Å²) >= 11 is 11.9. The topological polar surface area (TPSA) is 94.1 Å². The number of hydrogen-bond acceptors (Lipinski definition) is 5. The third-order valence-corrected chi connectivity index (χ3v) is 5.66. The number of aryl methyl sites for hydroxylation is 1. The molecule has 0 fully saturated rings. The lowest BCUT2D eigenvalue weighted by molar-refractivity contribution is 0.0783. The smallest absolute Gasteiger partial charge is 0.253 e. The van der Waals surface area contributed by atoms with Crippen molar-refractivity contribution in [3.8, 4) is 0 Å². The SMILES string of the molecule is Cc1[nH]nc(CN(C)C(=O)c2ccc(CCNCC(O)c3ccc(Cl)nc3)cc2)c1Cl. The minimum absolute atomic E-state index is 0.0962. The van der Waals surface area contributed by atoms with Gasteiger partial charge in [0.05, 0.1) is 23.4 Å². The molecule has 3 aromatic rings. The summed E-state index contributed by atoms with van der Waals surface area (Å²) in [6.07, 6.45) is 1.70. The molecule has 0 aliphatic rings. The molecule has 0 bridgehead atoms. The zero-order valence-corrected chi connectivity index (χ0v) is 18.9. The fourth-order valence-electron chi connectivity index (χ4n) is 3.08. The molecule has 1 unspecified atom stereocenters. The van der Waals surface area contributed by atoms with Crippen LogP contribution < -0.4 is 5.32 Å². The number of pyridine rings is 1. The first kappa shape index (κ1) is 23.2. The van der Waals surface area contributed by atoms with Gasteiger partial charge in [-0.15, -0.1) is 0 Å². The van der Waals surface area contributed by atoms with E-state index in [1.807, 2.05) is 31.2 Å². The van der Waals surface area contributed by atoms with Crippen molar-refractivity contribution in [2.24, 2.45) is 0 Å². The predicted octanol–water partition coefficient (Wildman–Crippen LogP) is 3.56. The molecule has 0 saturated carbocycles. The summed E-state index contributed by atoms with van der Waals surface area (Å²) in [4.78, 5) is 18.2. The average molecular weight is 462 g/mol. The van der Waals surface area contributed by atoms with Gasteiger partial charge in [-0.1, -0.05) is 41.4 Å². The Morgan fingerprint density at radius 3 is 2.58 bits per heavy atom. The van der Waals surface area contributed by atoms with Crippen molar-refractivity contribution in [1.29, 1.82) is 0 Å². The number of aliphatic hydroxyl groups is 1. The zero-order chi connectivity index (χ0) is 22.4. The van der Waals surface area contributed by atoms with Gasteiger partial charge in [-0.25, -0.2) is 4.98 Å². The van der Waals surface area contributed by atoms with Crippen LogP contribution in [0.1, 0.15) is 39.0 Å². The molecule has 3 rings (SSSR count). The Bertz CT molecular complexity index is 1010. The average Bonchev–Trinajstić information content (AvgIpc) is 3.09. The second kappa shape index (κ2) is 10.7. The van der Waals surface area contributed by atoms with E-state index in [1.54, 1.807) is 30.3 Å². The Labute approximate surface area is 191 Å². The summed E-state index contributed by atoms with van der Waals surface area (Å²) < 4.78 is 0. The quantitative estimate of drug-likeness (QED) is 0.334. The maximum atomic E-state index is 12.7. The summed E-state index contributed by atoms with van der Waals surface area (Å²) in [6, 6.07) is 10.9. The van der Waals surface area contributed by atoms with Crippen LogP contribution in [0.15, 0.2) is 42.6 Å². The van der Waals surface area contributed by atoms with Crippen molar-refractivity contribution < 1.29 is 9.90 Å². The van der Waals surface area contributed by atoms with Crippen LogP contribution in [0.4, 0.5) is 0 Å². The molecule has 0 saturated heterocycles. The highest BCUT2D eigenvalue weighted by Gasteiger charge is 2.16. The number of nitrogens with one attached hydrogen (secondary N) is 2. The molecule has 1 amide bonds. The number of hydrogen-bond donors (Lipinski definition) is 3. The first-order valence-electron chi connectivity index (χ1n) is 9.89. The van der Waals surface area contributed by atoms with Gasteiger partial charge in [0.25, 0.3) is 5.91 Å². The van der Waals surface area contributed by atoms with E-state index < -0.39 is 6.10 Å². The minimum Gasteiger partial charge on any atom is -0.387 e. The van der Waals surface area contributed by atoms with Crippen LogP contribution in [0.25, 0.3) is 0 Å². The van der Waals surface area contributed by atoms with Crippen molar-refractivity contribution in [1.82, 2.24) is 25.4 Å². The van der Waals surface area contributed by atoms with E-state index in [0.29, 0.717) is 41.1 Å². The van der Waals surface area contributed by atoms with E-state index in [1.165, 1.54) is 0 Å². The van der Waals surface area contributed by atoms with E-state index in [-0.39, 0.29) is 5.91 Å². The molecule has 9 heteroatoms. The van der Waals surface area contributed by atoms with Crippen molar-refractivity contribution in [2.45, 2.75) is 26.0 Å². The van der Waals surface area contributed by atoms with Crippen LogP contribution in [-0.2, 0) is 13.0 Å². The molecule has 0 aliphatic carbocycles. The fourth-order valence-corrected chi connectivity index (χ4v) is 3.33. The van der Waals surface area contributed by atoms with Gasteiger partial charge in [0, 0.05) is 30.9 Å². The van der Waals surface area contributed by atoms with E-state index >= 15 is 0 Å². The summed E-state index contributed by atoms with van der Waals surface area (Å²) in [5, 5.41) is 21.3. The number of halogens is 2. The van der Waals surface area contributed by atoms with Crippen LogP contribution >= 0.6 is 23.2 Å². The molecule has 1 aromatic carbocycles. The van der Waals surface area contributed by atoms with Crippen LogP contribution in [0.5, 0.6) is 0 Å². The Balaban J connectivity index is 1.45. The molecule has 0 spiro atoms. The van der Waals surface area contributed by atoms with E-state index in [0.717, 1.165) is 23.2 Å². The minimum atomic E-state index is -0.646. The van der Waals surface area contributed by atoms with Gasteiger partial charge in [0.1, 0.15) is 10.8 Å². The number of H-pyrrole nitrogens is 1. The van der Waals surface area contributed by atoms with Gasteiger partial charge in [-0.2, -0.15) is 5.10 Å². The Hall–Kier alpha value is -2.45. The molecular formula is C22H25Cl2N5O2. The largest absolute Gasteiger partial charge is 0.387 e. The highest BCUT2D eigenvalue weighted by atomic mass is 35.5. The van der Waals surface area contributed by atoms with E-state index in [4.69, 9.17) is 23.2 Å². The lowest BCUT2D eigenvalue weighted by atomic mass is 10.1. The van der Waals surface area contributed by atoms with Gasteiger partial charge in [-0.05, 0) is 43.7 Å². The number of aromatic amines is 1. The highest BCUT2D eigenvalue weighted by Crippen LogP contribution is 2.19. The van der Waals surface area contributed by atoms with Crippen LogP contribution in [0.3, 0.4) is 0 Å². The molecule has 0 radical (unpaired) electrons. The number of benzene rings is 1. The number of carbonyl (C=O) groups is 1. The molecule has 164 valence electrons. The van der Waals surface area contributed by atoms with Crippen LogP contribution in [0, 0.1) is 6.92 Å². The van der Waals surface area contributed by atoms with Gasteiger partial charge < -0.3 is 15.3 Å². The predicted molar refractivity (Wildman–Crippen MR) is 121 cm³/mol. The molecule has 0 aliphatic heterocycles. The molecule has 2 aromatic heterocycles. The number of amides is 1. The van der Waals surface area contributed by atoms with Gasteiger partial charge in [0.2, 0.25) is 0 Å². The van der Waals surface area contributed by atoms with Gasteiger partial charge in [0.15, 0.2) is 0 Å². The summed E-state index contributed by atoms with van der Waals surface area (Å²) in [5.74, 6) is -0.0962. The highest BCUT2D eigenvalue weighted by molar-refractivity contribution is 6.31. The maximum Gasteiger partial charge on any atom is 0.253 e. The molecule has 1 atom stereocenters. The second-order valence-corrected chi connectivity index (χ2v) is 8.12. The number of rotatable bonds is 9. The molecule has 31 heavy (non-hydrogen) atoms. The van der Waals surface area contributed by atoms with Gasteiger partial charge in [-0.3, -0.25) is 9.89 Å². The third-order valence-electron chi connectivity index (χ3n) is 4.94. The van der Waals surface area contributed by atoms with Crippen molar-refractivity contribution >= 4 is 29.1 Å². The van der Waals surface area contributed by atoms with Crippen LogP contribution in [0.2, 0.25) is 10.2 Å². The summed E-state index contributed by atoms with van der Waals surface area (Å²) in [5.41, 5.74) is 3.85. The summed E-state index contributed by atoms with van der Waals surface area (Å²) in [7, 11) is 1.72. The molecule has 2 heterocycles. The second-order valence-electron chi connectivity index (χ2n) is 7.35. The number of aromatic nitrogens is 3.